The van der Waals surface area contributed by atoms with Gasteiger partial charge in [-0.3, -0.25) is 0 Å². The number of benzene rings is 4. The zero-order valence-corrected chi connectivity index (χ0v) is 30.2. The van der Waals surface area contributed by atoms with Crippen LogP contribution in [0.1, 0.15) is 28.3 Å². The number of nitrogens with zero attached hydrogens (tertiary/aromatic N) is 3. The average molecular weight is 802 g/mol. The molecular formula is C44H29AgN4O3S. The Hall–Kier alpha value is -5.87. The van der Waals surface area contributed by atoms with Gasteiger partial charge >= 0.3 is 22.4 Å². The first-order valence-electron chi connectivity index (χ1n) is 16.8. The summed E-state index contributed by atoms with van der Waals surface area (Å²) in [5.74, 6) is 0. The molecule has 53 heavy (non-hydrogen) atoms. The molecule has 0 saturated heterocycles. The minimum Gasteiger partial charge on any atom is -0.744 e. The van der Waals surface area contributed by atoms with Crippen LogP contribution in [0, 0.1) is 0 Å². The van der Waals surface area contributed by atoms with E-state index in [2.05, 4.69) is 11.1 Å². The van der Waals surface area contributed by atoms with Crippen LogP contribution in [-0.4, -0.2) is 32.5 Å². The van der Waals surface area contributed by atoms with Crippen molar-refractivity contribution in [2.24, 2.45) is 0 Å². The molecule has 8 bridgehead atoms. The number of fused-ring (bicyclic) bond motifs is 8. The van der Waals surface area contributed by atoms with E-state index < -0.39 is 10.1 Å². The van der Waals surface area contributed by atoms with Crippen LogP contribution in [0.2, 0.25) is 0 Å². The van der Waals surface area contributed by atoms with E-state index in [1.165, 1.54) is 0 Å². The first kappa shape index (κ1) is 34.2. The van der Waals surface area contributed by atoms with E-state index in [9.17, 15) is 13.0 Å². The van der Waals surface area contributed by atoms with Gasteiger partial charge in [0.05, 0.1) is 38.7 Å². The van der Waals surface area contributed by atoms with E-state index >= 15 is 0 Å². The van der Waals surface area contributed by atoms with E-state index in [4.69, 9.17) is 9.97 Å². The smallest absolute Gasteiger partial charge is 0.744 e. The third kappa shape index (κ3) is 6.44. The van der Waals surface area contributed by atoms with Crippen LogP contribution in [0.5, 0.6) is 0 Å². The summed E-state index contributed by atoms with van der Waals surface area (Å²) < 4.78 is 43.3. The first-order valence-corrected chi connectivity index (χ1v) is 18.2. The van der Waals surface area contributed by atoms with E-state index in [1.54, 1.807) is 6.07 Å². The van der Waals surface area contributed by atoms with Crippen molar-refractivity contribution in [2.45, 2.75) is 4.90 Å². The summed E-state index contributed by atoms with van der Waals surface area (Å²) in [6.07, 6.45) is 5.74. The normalized spacial score (nSPS) is 12.3. The van der Waals surface area contributed by atoms with Gasteiger partial charge in [0.2, 0.25) is 0 Å². The van der Waals surface area contributed by atoms with Crippen molar-refractivity contribution in [1.82, 2.24) is 19.5 Å². The van der Waals surface area contributed by atoms with Crippen molar-refractivity contribution in [3.05, 3.63) is 180 Å². The predicted molar refractivity (Wildman–Crippen MR) is 207 cm³/mol. The summed E-state index contributed by atoms with van der Waals surface area (Å²) in [6, 6.07) is 48.2. The fourth-order valence-corrected chi connectivity index (χ4v) is 7.92. The van der Waals surface area contributed by atoms with Crippen molar-refractivity contribution in [3.63, 3.8) is 0 Å². The number of rotatable bonds is 5. The van der Waals surface area contributed by atoms with Gasteiger partial charge in [-0.25, -0.2) is 18.4 Å². The Morgan fingerprint density at radius 2 is 1.08 bits per heavy atom. The minimum absolute atomic E-state index is 0. The molecule has 0 unspecified atom stereocenters. The summed E-state index contributed by atoms with van der Waals surface area (Å²) in [4.78, 5) is 13.3. The van der Waals surface area contributed by atoms with Gasteiger partial charge in [-0.15, -0.1) is 0 Å². The maximum absolute atomic E-state index is 13.8. The fourth-order valence-electron chi connectivity index (χ4n) is 7.05. The number of para-hydroxylation sites is 1. The third-order valence-electron chi connectivity index (χ3n) is 9.20. The zero-order valence-electron chi connectivity index (χ0n) is 27.9. The third-order valence-corrected chi connectivity index (χ3v) is 10.1. The van der Waals surface area contributed by atoms with E-state index in [-0.39, 0.29) is 38.4 Å². The molecule has 2 aliphatic heterocycles. The summed E-state index contributed by atoms with van der Waals surface area (Å²) in [5.41, 5.74) is 9.72. The molecule has 1 N–H and O–H groups in total. The maximum atomic E-state index is 13.8. The number of aromatic nitrogens is 4. The van der Waals surface area contributed by atoms with Crippen molar-refractivity contribution in [3.8, 4) is 27.9 Å². The Morgan fingerprint density at radius 3 is 1.66 bits per heavy atom. The van der Waals surface area contributed by atoms with Gasteiger partial charge in [-0.2, -0.15) is 0 Å². The number of hydrogen-bond acceptors (Lipinski definition) is 5. The van der Waals surface area contributed by atoms with Crippen LogP contribution < -0.4 is 0 Å². The summed E-state index contributed by atoms with van der Waals surface area (Å²) >= 11 is 0. The van der Waals surface area contributed by atoms with Gasteiger partial charge in [0.25, 0.3) is 0 Å². The molecule has 7 aromatic rings. The van der Waals surface area contributed by atoms with Crippen molar-refractivity contribution >= 4 is 56.0 Å². The second kappa shape index (κ2) is 13.9. The number of hydrogen-bond donors (Lipinski definition) is 1. The number of nitrogens with one attached hydrogen (secondary N) is 1. The molecule has 9 rings (SSSR count). The Kier molecular flexibility index (Phi) is 9.00. The maximum Gasteiger partial charge on any atom is 1.00 e. The molecule has 0 saturated carbocycles. The average Bonchev–Trinajstić information content (AvgIpc) is 3.97. The first-order chi connectivity index (χ1) is 25.4. The van der Waals surface area contributed by atoms with Crippen LogP contribution in [-0.2, 0) is 32.5 Å². The van der Waals surface area contributed by atoms with E-state index in [0.29, 0.717) is 45.1 Å². The molecule has 7 nitrogen and oxygen atoms in total. The molecule has 3 aromatic heterocycles. The summed E-state index contributed by atoms with van der Waals surface area (Å²) in [7, 11) is -5.11. The monoisotopic (exact) mass is 800 g/mol. The van der Waals surface area contributed by atoms with Crippen LogP contribution in [0.25, 0.3) is 73.8 Å². The molecule has 0 radical (unpaired) electrons. The topological polar surface area (TPSA) is 104 Å². The second-order valence-corrected chi connectivity index (χ2v) is 13.9. The molecule has 0 spiro atoms. The van der Waals surface area contributed by atoms with Crippen molar-refractivity contribution < 1.29 is 35.4 Å². The largest absolute Gasteiger partial charge is 1.00 e. The second-order valence-electron chi connectivity index (χ2n) is 12.6. The Labute approximate surface area is 322 Å². The molecule has 0 fully saturated rings. The molecule has 5 heterocycles. The molecule has 4 aromatic carbocycles. The van der Waals surface area contributed by atoms with Crippen molar-refractivity contribution in [2.75, 3.05) is 0 Å². The molecule has 2 aliphatic rings. The van der Waals surface area contributed by atoms with Gasteiger partial charge in [0, 0.05) is 33.4 Å². The van der Waals surface area contributed by atoms with Gasteiger partial charge in [0.15, 0.2) is 0 Å². The predicted octanol–water partition coefficient (Wildman–Crippen LogP) is 9.77. The molecule has 0 amide bonds. The standard InChI is InChI=1S/C44H30N4O3S.Ag/c49-52(50,51)44-39-28-35-24-23-33(46-35)25-32-21-22-34(45-32)26-36-27-38(29-13-5-1-6-14-29)42(47-36)40(30-15-7-2-8-16-30)43(41(44)31-17-9-3-10-18-31)48(39)37-19-11-4-12-20-37;/h1-28,45H,(H,49,50,51);/q;+1/p-1. The van der Waals surface area contributed by atoms with Crippen molar-refractivity contribution in [1.29, 1.82) is 0 Å². The minimum atomic E-state index is -5.11. The molecular weight excluding hydrogens is 772 g/mol. The quantitative estimate of drug-likeness (QED) is 0.138. The zero-order chi connectivity index (χ0) is 35.2. The van der Waals surface area contributed by atoms with Gasteiger partial charge in [0.1, 0.15) is 10.1 Å². The SMILES string of the molecule is O=S(=O)([O-])c1c(-c2ccccc2)c2c(-c3ccccc3)c3nc(cc4ccc(cc5nc(cc1n2-c1ccccc1)C=C5)[nH]4)C=C3c1ccccc1.[Ag+]. The molecule has 260 valence electrons. The van der Waals surface area contributed by atoms with E-state index in [1.807, 2.05) is 162 Å². The summed E-state index contributed by atoms with van der Waals surface area (Å²) in [6.45, 7) is 0. The van der Waals surface area contributed by atoms with Gasteiger partial charge in [-0.05, 0) is 77.4 Å². The Bertz CT molecular complexity index is 2850. The van der Waals surface area contributed by atoms with E-state index in [0.717, 1.165) is 27.7 Å². The van der Waals surface area contributed by atoms with Gasteiger partial charge in [-0.1, -0.05) is 109 Å². The van der Waals surface area contributed by atoms with Crippen LogP contribution in [0.4, 0.5) is 0 Å². The summed E-state index contributed by atoms with van der Waals surface area (Å²) in [5, 5.41) is 0. The van der Waals surface area contributed by atoms with Crippen LogP contribution in [0.15, 0.2) is 157 Å². The number of H-pyrrole nitrogens is 1. The molecule has 9 heteroatoms. The van der Waals surface area contributed by atoms with Crippen LogP contribution in [0.3, 0.4) is 0 Å². The Balaban J connectivity index is 0.00000400. The van der Waals surface area contributed by atoms with Crippen LogP contribution >= 0.6 is 0 Å². The molecule has 0 atom stereocenters. The fraction of sp³-hybridized carbons (Fsp3) is 0. The Morgan fingerprint density at radius 1 is 0.566 bits per heavy atom. The molecule has 0 aliphatic carbocycles. The number of aromatic amines is 1. The van der Waals surface area contributed by atoms with Gasteiger partial charge < -0.3 is 14.1 Å².